The summed E-state index contributed by atoms with van der Waals surface area (Å²) in [5.74, 6) is -0.0510. The van der Waals surface area contributed by atoms with E-state index in [-0.39, 0.29) is 12.3 Å². The molecule has 1 atom stereocenters. The number of carboxylic acid groups (broad SMARTS) is 1. The Labute approximate surface area is 108 Å². The van der Waals surface area contributed by atoms with Gasteiger partial charge in [0.25, 0.3) is 0 Å². The monoisotopic (exact) mass is 254 g/mol. The predicted molar refractivity (Wildman–Crippen MR) is 67.2 cm³/mol. The van der Waals surface area contributed by atoms with Gasteiger partial charge in [-0.1, -0.05) is 0 Å². The molecule has 3 rings (SSSR count). The van der Waals surface area contributed by atoms with Crippen LogP contribution in [0.15, 0.2) is 0 Å². The van der Waals surface area contributed by atoms with E-state index < -0.39 is 5.97 Å². The molecule has 18 heavy (non-hydrogen) atoms. The van der Waals surface area contributed by atoms with Crippen LogP contribution in [0.2, 0.25) is 0 Å². The first-order chi connectivity index (χ1) is 8.65. The van der Waals surface area contributed by atoms with Crippen LogP contribution in [0, 0.1) is 5.92 Å². The van der Waals surface area contributed by atoms with E-state index in [2.05, 4.69) is 10.2 Å². The van der Waals surface area contributed by atoms with Crippen LogP contribution in [0.5, 0.6) is 0 Å². The van der Waals surface area contributed by atoms with Crippen LogP contribution in [0.4, 0.5) is 0 Å². The molecule has 0 aromatic carbocycles. The van der Waals surface area contributed by atoms with Gasteiger partial charge in [0.1, 0.15) is 0 Å². The zero-order chi connectivity index (χ0) is 13.0. The lowest BCUT2D eigenvalue weighted by Gasteiger charge is -2.44. The van der Waals surface area contributed by atoms with Crippen LogP contribution in [0.25, 0.3) is 0 Å². The van der Waals surface area contributed by atoms with Gasteiger partial charge in [-0.2, -0.15) is 0 Å². The average molecular weight is 254 g/mol. The van der Waals surface area contributed by atoms with Gasteiger partial charge in [0.15, 0.2) is 0 Å². The molecule has 1 amide bonds. The van der Waals surface area contributed by atoms with Crippen molar-refractivity contribution in [1.82, 2.24) is 10.2 Å². The van der Waals surface area contributed by atoms with Crippen LogP contribution in [0.1, 0.15) is 38.5 Å². The summed E-state index contributed by atoms with van der Waals surface area (Å²) in [5.41, 5.74) is 0. The van der Waals surface area contributed by atoms with Gasteiger partial charge in [0.2, 0.25) is 5.91 Å². The molecule has 0 aliphatic carbocycles. The minimum Gasteiger partial charge on any atom is -0.481 e. The van der Waals surface area contributed by atoms with E-state index in [1.807, 2.05) is 0 Å². The van der Waals surface area contributed by atoms with Crippen molar-refractivity contribution in [3.63, 3.8) is 0 Å². The zero-order valence-corrected chi connectivity index (χ0v) is 10.7. The summed E-state index contributed by atoms with van der Waals surface area (Å²) in [6, 6.07) is 0.319. The molecule has 3 aliphatic heterocycles. The third kappa shape index (κ3) is 3.70. The highest BCUT2D eigenvalue weighted by Gasteiger charge is 2.34. The average Bonchev–Trinajstić information content (AvgIpc) is 2.36. The van der Waals surface area contributed by atoms with E-state index in [4.69, 9.17) is 5.11 Å². The molecule has 0 aromatic heterocycles. The van der Waals surface area contributed by atoms with Gasteiger partial charge in [-0.05, 0) is 44.7 Å². The number of rotatable bonds is 6. The molecule has 0 aromatic rings. The minimum atomic E-state index is -0.784. The molecule has 2 N–H and O–H groups in total. The second kappa shape index (κ2) is 6.18. The number of nitrogens with one attached hydrogen (secondary N) is 1. The smallest absolute Gasteiger partial charge is 0.303 e. The Morgan fingerprint density at radius 2 is 1.83 bits per heavy atom. The largest absolute Gasteiger partial charge is 0.481 e. The van der Waals surface area contributed by atoms with Crippen LogP contribution < -0.4 is 5.32 Å². The van der Waals surface area contributed by atoms with Gasteiger partial charge in [0, 0.05) is 25.4 Å². The number of amides is 1. The van der Waals surface area contributed by atoms with E-state index in [0.29, 0.717) is 31.2 Å². The Hall–Kier alpha value is -1.10. The fourth-order valence-corrected chi connectivity index (χ4v) is 2.97. The number of fused-ring (bicyclic) bond motifs is 3. The molecule has 5 heteroatoms. The Kier molecular flexibility index (Phi) is 4.58. The number of hydrogen-bond acceptors (Lipinski definition) is 3. The normalized spacial score (nSPS) is 30.1. The summed E-state index contributed by atoms with van der Waals surface area (Å²) in [6.45, 7) is 3.34. The van der Waals surface area contributed by atoms with Gasteiger partial charge < -0.3 is 15.3 Å². The fraction of sp³-hybridized carbons (Fsp3) is 0.846. The van der Waals surface area contributed by atoms with Gasteiger partial charge in [-0.15, -0.1) is 0 Å². The molecule has 5 nitrogen and oxygen atoms in total. The van der Waals surface area contributed by atoms with Crippen LogP contribution in [-0.2, 0) is 9.59 Å². The molecule has 102 valence electrons. The summed E-state index contributed by atoms with van der Waals surface area (Å²) in [6.07, 6.45) is 4.26. The molecule has 0 radical (unpaired) electrons. The standard InChI is InChI=1S/C13H22N2O3/c16-12(3-1-2-4-13(17)18)14-11-9-15-7-5-10(11)6-8-15/h10-11H,1-9H2,(H,14,16)(H,17,18). The zero-order valence-electron chi connectivity index (χ0n) is 10.7. The first-order valence-electron chi connectivity index (χ1n) is 6.88. The number of carboxylic acids is 1. The Balaban J connectivity index is 1.63. The third-order valence-electron chi connectivity index (χ3n) is 4.05. The lowest BCUT2D eigenvalue weighted by molar-refractivity contribution is -0.137. The van der Waals surface area contributed by atoms with Crippen molar-refractivity contribution in [1.29, 1.82) is 0 Å². The number of hydrogen-bond donors (Lipinski definition) is 2. The Bertz CT molecular complexity index is 311. The minimum absolute atomic E-state index is 0.0825. The highest BCUT2D eigenvalue weighted by Crippen LogP contribution is 2.27. The SMILES string of the molecule is O=C(O)CCCCC(=O)NC1CN2CCC1CC2. The van der Waals surface area contributed by atoms with Crippen molar-refractivity contribution in [2.75, 3.05) is 19.6 Å². The van der Waals surface area contributed by atoms with Crippen LogP contribution in [-0.4, -0.2) is 47.6 Å². The Morgan fingerprint density at radius 3 is 2.39 bits per heavy atom. The number of carbonyl (C=O) groups excluding carboxylic acids is 1. The topological polar surface area (TPSA) is 69.6 Å². The van der Waals surface area contributed by atoms with Gasteiger partial charge in [-0.3, -0.25) is 9.59 Å². The maximum atomic E-state index is 11.8. The van der Waals surface area contributed by atoms with Crippen LogP contribution in [0.3, 0.4) is 0 Å². The quantitative estimate of drug-likeness (QED) is 0.689. The molecule has 2 bridgehead atoms. The third-order valence-corrected chi connectivity index (χ3v) is 4.05. The second-order valence-corrected chi connectivity index (χ2v) is 5.41. The summed E-state index contributed by atoms with van der Waals surface area (Å²) < 4.78 is 0. The highest BCUT2D eigenvalue weighted by atomic mass is 16.4. The van der Waals surface area contributed by atoms with Crippen molar-refractivity contribution < 1.29 is 14.7 Å². The highest BCUT2D eigenvalue weighted by molar-refractivity contribution is 5.76. The lowest BCUT2D eigenvalue weighted by Crippen LogP contribution is -2.57. The molecule has 3 heterocycles. The number of aliphatic carboxylic acids is 1. The molecule has 0 saturated carbocycles. The van der Waals surface area contributed by atoms with Crippen molar-refractivity contribution in [3.05, 3.63) is 0 Å². The van der Waals surface area contributed by atoms with Crippen molar-refractivity contribution in [2.24, 2.45) is 5.92 Å². The molecule has 1 unspecified atom stereocenters. The summed E-state index contributed by atoms with van der Waals surface area (Å²) >= 11 is 0. The van der Waals surface area contributed by atoms with Crippen molar-refractivity contribution in [2.45, 2.75) is 44.6 Å². The molecular weight excluding hydrogens is 232 g/mol. The number of carbonyl (C=O) groups is 2. The predicted octanol–water partition coefficient (Wildman–Crippen LogP) is 0.842. The van der Waals surface area contributed by atoms with Crippen molar-refractivity contribution >= 4 is 11.9 Å². The molecule has 3 aliphatic rings. The van der Waals surface area contributed by atoms with E-state index in [1.54, 1.807) is 0 Å². The van der Waals surface area contributed by atoms with Gasteiger partial charge in [0.05, 0.1) is 0 Å². The van der Waals surface area contributed by atoms with E-state index in [1.165, 1.54) is 25.9 Å². The maximum absolute atomic E-state index is 11.8. The Morgan fingerprint density at radius 1 is 1.17 bits per heavy atom. The molecule has 3 saturated heterocycles. The summed E-state index contributed by atoms with van der Waals surface area (Å²) in [4.78, 5) is 24.5. The molecular formula is C13H22N2O3. The number of unbranched alkanes of at least 4 members (excludes halogenated alkanes) is 1. The first kappa shape index (κ1) is 13.3. The van der Waals surface area contributed by atoms with Crippen molar-refractivity contribution in [3.8, 4) is 0 Å². The summed E-state index contributed by atoms with van der Waals surface area (Å²) in [5, 5.41) is 11.6. The maximum Gasteiger partial charge on any atom is 0.303 e. The van der Waals surface area contributed by atoms with E-state index in [0.717, 1.165) is 6.54 Å². The van der Waals surface area contributed by atoms with Crippen LogP contribution >= 0.6 is 0 Å². The summed E-state index contributed by atoms with van der Waals surface area (Å²) in [7, 11) is 0. The lowest BCUT2D eigenvalue weighted by atomic mass is 9.84. The molecule has 3 fully saturated rings. The second-order valence-electron chi connectivity index (χ2n) is 5.41. The number of piperidine rings is 3. The first-order valence-corrected chi connectivity index (χ1v) is 6.88. The van der Waals surface area contributed by atoms with Gasteiger partial charge in [-0.25, -0.2) is 0 Å². The van der Waals surface area contributed by atoms with E-state index in [9.17, 15) is 9.59 Å². The van der Waals surface area contributed by atoms with Gasteiger partial charge >= 0.3 is 5.97 Å². The fourth-order valence-electron chi connectivity index (χ4n) is 2.97. The number of nitrogens with zero attached hydrogens (tertiary/aromatic N) is 1. The molecule has 0 spiro atoms. The van der Waals surface area contributed by atoms with E-state index >= 15 is 0 Å².